The fraction of sp³-hybridized carbons (Fsp3) is 0.667. The molecular formula is C6H11N3O2S2. The number of hydrogen-bond donors (Lipinski definition) is 1. The van der Waals surface area contributed by atoms with Gasteiger partial charge in [-0.15, -0.1) is 0 Å². The van der Waals surface area contributed by atoms with Crippen LogP contribution in [-0.4, -0.2) is 36.3 Å². The molecule has 0 aromatic carbocycles. The minimum absolute atomic E-state index is 0.117. The number of nitrogens with one attached hydrogen (secondary N) is 1. The Hall–Kier alpha value is -0.690. The van der Waals surface area contributed by atoms with E-state index in [1.807, 2.05) is 0 Å². The van der Waals surface area contributed by atoms with Crippen LogP contribution < -0.4 is 5.32 Å². The number of anilines is 1. The van der Waals surface area contributed by atoms with Crippen LogP contribution in [0, 0.1) is 6.92 Å². The summed E-state index contributed by atoms with van der Waals surface area (Å²) in [5.74, 6) is 0.817. The van der Waals surface area contributed by atoms with Gasteiger partial charge in [-0.3, -0.25) is 0 Å². The molecule has 1 aromatic heterocycles. The molecule has 0 aliphatic heterocycles. The van der Waals surface area contributed by atoms with Gasteiger partial charge in [0.25, 0.3) is 0 Å². The first kappa shape index (κ1) is 10.4. The van der Waals surface area contributed by atoms with Gasteiger partial charge in [0, 0.05) is 24.3 Å². The molecule has 1 N–H and O–H groups in total. The summed E-state index contributed by atoms with van der Waals surface area (Å²) in [7, 11) is -2.89. The van der Waals surface area contributed by atoms with Crippen molar-refractivity contribution in [3.05, 3.63) is 5.82 Å². The van der Waals surface area contributed by atoms with Crippen LogP contribution in [0.4, 0.5) is 5.13 Å². The highest BCUT2D eigenvalue weighted by Gasteiger charge is 2.03. The Labute approximate surface area is 81.3 Å². The van der Waals surface area contributed by atoms with Gasteiger partial charge >= 0.3 is 0 Å². The van der Waals surface area contributed by atoms with Gasteiger partial charge in [-0.05, 0) is 6.92 Å². The van der Waals surface area contributed by atoms with Crippen molar-refractivity contribution in [1.29, 1.82) is 0 Å². The van der Waals surface area contributed by atoms with Crippen molar-refractivity contribution in [2.24, 2.45) is 0 Å². The fourth-order valence-corrected chi connectivity index (χ4v) is 1.78. The van der Waals surface area contributed by atoms with E-state index in [1.165, 1.54) is 17.8 Å². The smallest absolute Gasteiger partial charge is 0.202 e. The molecule has 13 heavy (non-hydrogen) atoms. The van der Waals surface area contributed by atoms with Crippen molar-refractivity contribution in [3.8, 4) is 0 Å². The summed E-state index contributed by atoms with van der Waals surface area (Å²) in [5, 5.41) is 3.56. The van der Waals surface area contributed by atoms with Crippen LogP contribution in [0.5, 0.6) is 0 Å². The lowest BCUT2D eigenvalue weighted by atomic mass is 10.7. The molecule has 0 aliphatic rings. The topological polar surface area (TPSA) is 72.0 Å². The minimum Gasteiger partial charge on any atom is -0.359 e. The van der Waals surface area contributed by atoms with E-state index in [1.54, 1.807) is 6.92 Å². The lowest BCUT2D eigenvalue weighted by molar-refractivity contribution is 0.602. The fourth-order valence-electron chi connectivity index (χ4n) is 0.712. The van der Waals surface area contributed by atoms with E-state index in [-0.39, 0.29) is 5.75 Å². The maximum atomic E-state index is 10.8. The molecule has 1 heterocycles. The molecule has 0 radical (unpaired) electrons. The largest absolute Gasteiger partial charge is 0.359 e. The Kier molecular flexibility index (Phi) is 3.21. The monoisotopic (exact) mass is 221 g/mol. The average Bonchev–Trinajstić information content (AvgIpc) is 2.33. The highest BCUT2D eigenvalue weighted by Crippen LogP contribution is 2.08. The summed E-state index contributed by atoms with van der Waals surface area (Å²) in [6, 6.07) is 0. The normalized spacial score (nSPS) is 11.5. The molecule has 0 bridgehead atoms. The third-order valence-corrected chi connectivity index (χ3v) is 2.99. The molecule has 0 saturated carbocycles. The average molecular weight is 221 g/mol. The van der Waals surface area contributed by atoms with Gasteiger partial charge in [-0.25, -0.2) is 13.4 Å². The number of nitrogens with zero attached hydrogens (tertiary/aromatic N) is 2. The van der Waals surface area contributed by atoms with Gasteiger partial charge < -0.3 is 5.32 Å². The summed E-state index contributed by atoms with van der Waals surface area (Å²) in [6.07, 6.45) is 1.21. The Morgan fingerprint density at radius 1 is 1.54 bits per heavy atom. The third-order valence-electron chi connectivity index (χ3n) is 1.28. The van der Waals surface area contributed by atoms with E-state index in [9.17, 15) is 8.42 Å². The summed E-state index contributed by atoms with van der Waals surface area (Å²) in [4.78, 5) is 4.03. The molecule has 0 aliphatic carbocycles. The van der Waals surface area contributed by atoms with Crippen molar-refractivity contribution in [2.45, 2.75) is 6.92 Å². The number of sulfone groups is 1. The lowest BCUT2D eigenvalue weighted by Gasteiger charge is -1.98. The van der Waals surface area contributed by atoms with Gasteiger partial charge in [-0.2, -0.15) is 4.37 Å². The van der Waals surface area contributed by atoms with E-state index < -0.39 is 9.84 Å². The zero-order valence-electron chi connectivity index (χ0n) is 7.44. The summed E-state index contributed by atoms with van der Waals surface area (Å²) >= 11 is 1.23. The summed E-state index contributed by atoms with van der Waals surface area (Å²) in [5.41, 5.74) is 0. The van der Waals surface area contributed by atoms with Crippen LogP contribution in [-0.2, 0) is 9.84 Å². The molecule has 74 valence electrons. The second-order valence-electron chi connectivity index (χ2n) is 2.70. The minimum atomic E-state index is -2.89. The van der Waals surface area contributed by atoms with E-state index in [0.29, 0.717) is 17.5 Å². The predicted molar refractivity (Wildman–Crippen MR) is 52.8 cm³/mol. The van der Waals surface area contributed by atoms with Crippen LogP contribution in [0.1, 0.15) is 5.82 Å². The molecule has 0 spiro atoms. The van der Waals surface area contributed by atoms with Crippen LogP contribution >= 0.6 is 11.5 Å². The molecule has 0 fully saturated rings. The standard InChI is InChI=1S/C6H11N3O2S2/c1-5-8-6(12-9-5)7-3-4-13(2,10)11/h3-4H2,1-2H3,(H,7,8,9). The first-order chi connectivity index (χ1) is 5.97. The SMILES string of the molecule is Cc1nsc(NCCS(C)(=O)=O)n1. The van der Waals surface area contributed by atoms with Gasteiger partial charge in [-0.1, -0.05) is 0 Å². The second-order valence-corrected chi connectivity index (χ2v) is 5.71. The van der Waals surface area contributed by atoms with Crippen LogP contribution in [0.25, 0.3) is 0 Å². The maximum absolute atomic E-state index is 10.8. The quantitative estimate of drug-likeness (QED) is 0.792. The molecule has 0 saturated heterocycles. The molecular weight excluding hydrogens is 210 g/mol. The van der Waals surface area contributed by atoms with Crippen molar-refractivity contribution in [2.75, 3.05) is 23.9 Å². The molecule has 0 unspecified atom stereocenters. The Balaban J connectivity index is 2.36. The zero-order valence-corrected chi connectivity index (χ0v) is 9.07. The molecule has 1 aromatic rings. The number of aryl methyl sites for hydroxylation is 1. The predicted octanol–water partition coefficient (Wildman–Crippen LogP) is 0.303. The first-order valence-corrected chi connectivity index (χ1v) is 6.53. The van der Waals surface area contributed by atoms with Crippen LogP contribution in [0.3, 0.4) is 0 Å². The van der Waals surface area contributed by atoms with Gasteiger partial charge in [0.1, 0.15) is 15.7 Å². The van der Waals surface area contributed by atoms with Gasteiger partial charge in [0.15, 0.2) is 0 Å². The zero-order chi connectivity index (χ0) is 9.90. The molecule has 1 rings (SSSR count). The van der Waals surface area contributed by atoms with Crippen LogP contribution in [0.2, 0.25) is 0 Å². The highest BCUT2D eigenvalue weighted by molar-refractivity contribution is 7.90. The summed E-state index contributed by atoms with van der Waals surface area (Å²) < 4.78 is 25.5. The molecule has 7 heteroatoms. The Morgan fingerprint density at radius 2 is 2.23 bits per heavy atom. The number of aromatic nitrogens is 2. The second kappa shape index (κ2) is 4.01. The third kappa shape index (κ3) is 4.18. The summed E-state index contributed by atoms with van der Waals surface area (Å²) in [6.45, 7) is 2.17. The maximum Gasteiger partial charge on any atom is 0.202 e. The van der Waals surface area contributed by atoms with Crippen molar-refractivity contribution < 1.29 is 8.42 Å². The molecule has 0 amide bonds. The number of rotatable bonds is 4. The van der Waals surface area contributed by atoms with Gasteiger partial charge in [0.2, 0.25) is 5.13 Å². The van der Waals surface area contributed by atoms with E-state index in [2.05, 4.69) is 14.7 Å². The van der Waals surface area contributed by atoms with Crippen molar-refractivity contribution >= 4 is 26.5 Å². The van der Waals surface area contributed by atoms with E-state index >= 15 is 0 Å². The van der Waals surface area contributed by atoms with E-state index in [4.69, 9.17) is 0 Å². The Bertz CT molecular complexity index is 371. The van der Waals surface area contributed by atoms with Gasteiger partial charge in [0.05, 0.1) is 5.75 Å². The van der Waals surface area contributed by atoms with Crippen LogP contribution in [0.15, 0.2) is 0 Å². The van der Waals surface area contributed by atoms with Crippen molar-refractivity contribution in [3.63, 3.8) is 0 Å². The molecule has 0 atom stereocenters. The van der Waals surface area contributed by atoms with E-state index in [0.717, 1.165) is 0 Å². The first-order valence-electron chi connectivity index (χ1n) is 3.69. The van der Waals surface area contributed by atoms with Crippen molar-refractivity contribution in [1.82, 2.24) is 9.36 Å². The number of hydrogen-bond acceptors (Lipinski definition) is 6. The highest BCUT2D eigenvalue weighted by atomic mass is 32.2. The Morgan fingerprint density at radius 3 is 2.69 bits per heavy atom. The molecule has 5 nitrogen and oxygen atoms in total. The lowest BCUT2D eigenvalue weighted by Crippen LogP contribution is -2.13.